The Hall–Kier alpha value is -4.89. The van der Waals surface area contributed by atoms with Crippen LogP contribution in [-0.4, -0.2) is 33.7 Å². The first-order valence-corrected chi connectivity index (χ1v) is 18.1. The van der Waals surface area contributed by atoms with E-state index in [1.165, 1.54) is 27.8 Å². The smallest absolute Gasteiger partial charge is 0.301 e. The van der Waals surface area contributed by atoms with Gasteiger partial charge in [-0.25, -0.2) is 0 Å². The number of aryl methyl sites for hydroxylation is 3. The summed E-state index contributed by atoms with van der Waals surface area (Å²) in [6, 6.07) is 36.1. The van der Waals surface area contributed by atoms with Crippen molar-refractivity contribution in [2.75, 3.05) is 18.5 Å². The summed E-state index contributed by atoms with van der Waals surface area (Å²) in [5.41, 5.74) is 12.0. The fraction of sp³-hybridized carbons (Fsp3) is 0.256. The Labute approximate surface area is 304 Å². The summed E-state index contributed by atoms with van der Waals surface area (Å²) >= 11 is -2.41. The molecule has 5 aromatic rings. The predicted octanol–water partition coefficient (Wildman–Crippen LogP) is 9.09. The maximum absolute atomic E-state index is 14.2. The van der Waals surface area contributed by atoms with Gasteiger partial charge in [0.25, 0.3) is 5.91 Å². The van der Waals surface area contributed by atoms with E-state index < -0.39 is 17.3 Å². The highest BCUT2D eigenvalue weighted by Gasteiger charge is 2.24. The highest BCUT2D eigenvalue weighted by atomic mass is 32.2. The molecule has 0 fully saturated rings. The highest BCUT2D eigenvalue weighted by Crippen LogP contribution is 2.32. The van der Waals surface area contributed by atoms with Crippen LogP contribution in [0.25, 0.3) is 22.3 Å². The molecule has 51 heavy (non-hydrogen) atoms. The second-order valence-corrected chi connectivity index (χ2v) is 14.7. The number of amides is 2. The zero-order valence-corrected chi connectivity index (χ0v) is 30.9. The van der Waals surface area contributed by atoms with Gasteiger partial charge in [0.15, 0.2) is 0 Å². The summed E-state index contributed by atoms with van der Waals surface area (Å²) in [6.07, 6.45) is 0.270. The summed E-state index contributed by atoms with van der Waals surface area (Å²) in [4.78, 5) is 27.4. The van der Waals surface area contributed by atoms with E-state index in [-0.39, 0.29) is 36.8 Å². The van der Waals surface area contributed by atoms with Gasteiger partial charge in [-0.15, -0.1) is 0 Å². The standard InChI is InChI=1S/C43H46N2O5S/c1-28-25-29(2)40(30(3)26-28)34-17-21-37(22-18-34)45-42(47)39(27-35-9-7-8-10-38(35)41(46)44-23-24-50-51(48)49)33-13-11-31(12-14-33)32-15-19-36(20-16-32)43(4,5)6/h7-22,25-26,39H,23-24,27H2,1-6H3,(H,44,46)(H,45,47)(H,48,49)/t39-/m1/s1. The second kappa shape index (κ2) is 16.4. The summed E-state index contributed by atoms with van der Waals surface area (Å²) in [7, 11) is 0. The molecule has 0 aromatic heterocycles. The average Bonchev–Trinajstić information content (AvgIpc) is 3.09. The third-order valence-electron chi connectivity index (χ3n) is 9.09. The lowest BCUT2D eigenvalue weighted by molar-refractivity contribution is -0.117. The Kier molecular flexibility index (Phi) is 12.0. The number of benzene rings is 5. The van der Waals surface area contributed by atoms with Crippen molar-refractivity contribution in [2.45, 2.75) is 59.3 Å². The van der Waals surface area contributed by atoms with Crippen molar-refractivity contribution in [3.05, 3.63) is 148 Å². The topological polar surface area (TPSA) is 105 Å². The Morgan fingerprint density at radius 3 is 1.94 bits per heavy atom. The first kappa shape index (κ1) is 37.4. The number of hydrogen-bond acceptors (Lipinski definition) is 4. The zero-order valence-electron chi connectivity index (χ0n) is 30.1. The number of rotatable bonds is 12. The van der Waals surface area contributed by atoms with E-state index in [2.05, 4.69) is 92.8 Å². The first-order chi connectivity index (χ1) is 24.3. The number of carbonyl (C=O) groups is 2. The van der Waals surface area contributed by atoms with E-state index in [0.717, 1.165) is 22.3 Å². The third-order valence-corrected chi connectivity index (χ3v) is 9.46. The molecule has 2 amide bonds. The largest absolute Gasteiger partial charge is 0.350 e. The molecule has 0 spiro atoms. The van der Waals surface area contributed by atoms with Crippen LogP contribution >= 0.6 is 0 Å². The molecule has 0 aliphatic rings. The van der Waals surface area contributed by atoms with Gasteiger partial charge in [0.1, 0.15) is 0 Å². The van der Waals surface area contributed by atoms with E-state index in [4.69, 9.17) is 4.55 Å². The summed E-state index contributed by atoms with van der Waals surface area (Å²) < 4.78 is 24.3. The van der Waals surface area contributed by atoms with Gasteiger partial charge in [-0.05, 0) is 101 Å². The van der Waals surface area contributed by atoms with Crippen molar-refractivity contribution in [2.24, 2.45) is 0 Å². The molecule has 264 valence electrons. The summed E-state index contributed by atoms with van der Waals surface area (Å²) in [5, 5.41) is 5.87. The number of carbonyl (C=O) groups excluding carboxylic acids is 2. The van der Waals surface area contributed by atoms with Gasteiger partial charge < -0.3 is 10.6 Å². The Balaban J connectivity index is 1.42. The molecule has 0 heterocycles. The normalized spacial score (nSPS) is 12.6. The fourth-order valence-electron chi connectivity index (χ4n) is 6.53. The van der Waals surface area contributed by atoms with Gasteiger partial charge >= 0.3 is 11.4 Å². The number of nitrogens with one attached hydrogen (secondary N) is 2. The predicted molar refractivity (Wildman–Crippen MR) is 207 cm³/mol. The van der Waals surface area contributed by atoms with E-state index in [1.54, 1.807) is 12.1 Å². The SMILES string of the molecule is Cc1cc(C)c(-c2ccc(NC(=O)[C@H](Cc3ccccc3C(=O)NCCOS(=O)O)c3ccc(-c4ccc(C(C)(C)C)cc4)cc3)cc2)c(C)c1. The molecule has 0 aliphatic heterocycles. The lowest BCUT2D eigenvalue weighted by Gasteiger charge is -2.20. The molecule has 2 atom stereocenters. The molecule has 8 heteroatoms. The van der Waals surface area contributed by atoms with Gasteiger partial charge in [-0.2, -0.15) is 4.21 Å². The lowest BCUT2D eigenvalue weighted by atomic mass is 9.85. The quantitative estimate of drug-likeness (QED) is 0.0889. The van der Waals surface area contributed by atoms with Crippen molar-refractivity contribution < 1.29 is 22.5 Å². The van der Waals surface area contributed by atoms with Crippen LogP contribution in [0, 0.1) is 20.8 Å². The third kappa shape index (κ3) is 9.67. The zero-order chi connectivity index (χ0) is 36.7. The minimum Gasteiger partial charge on any atom is -0.350 e. The van der Waals surface area contributed by atoms with Crippen LogP contribution in [0.4, 0.5) is 5.69 Å². The average molecular weight is 703 g/mol. The molecule has 1 unspecified atom stereocenters. The van der Waals surface area contributed by atoms with Crippen molar-refractivity contribution in [1.29, 1.82) is 0 Å². The van der Waals surface area contributed by atoms with E-state index >= 15 is 0 Å². The van der Waals surface area contributed by atoms with Crippen molar-refractivity contribution in [3.8, 4) is 22.3 Å². The monoisotopic (exact) mass is 702 g/mol. The van der Waals surface area contributed by atoms with Gasteiger partial charge in [0.2, 0.25) is 5.91 Å². The number of hydrogen-bond donors (Lipinski definition) is 3. The highest BCUT2D eigenvalue weighted by molar-refractivity contribution is 7.74. The summed E-state index contributed by atoms with van der Waals surface area (Å²) in [6.45, 7) is 12.8. The maximum Gasteiger partial charge on any atom is 0.301 e. The van der Waals surface area contributed by atoms with Crippen LogP contribution in [-0.2, 0) is 32.2 Å². The van der Waals surface area contributed by atoms with Gasteiger partial charge in [-0.1, -0.05) is 117 Å². The number of anilines is 1. The molecule has 5 rings (SSSR count). The minimum absolute atomic E-state index is 0.0548. The molecule has 5 aromatic carbocycles. The molecule has 0 saturated carbocycles. The van der Waals surface area contributed by atoms with Crippen LogP contribution in [0.2, 0.25) is 0 Å². The van der Waals surface area contributed by atoms with Gasteiger partial charge in [0, 0.05) is 17.8 Å². The van der Waals surface area contributed by atoms with E-state index in [9.17, 15) is 13.8 Å². The van der Waals surface area contributed by atoms with Crippen molar-refractivity contribution in [3.63, 3.8) is 0 Å². The second-order valence-electron chi connectivity index (χ2n) is 14.0. The Morgan fingerprint density at radius 1 is 0.784 bits per heavy atom. The summed E-state index contributed by atoms with van der Waals surface area (Å²) in [5.74, 6) is -1.16. The molecule has 0 bridgehead atoms. The maximum atomic E-state index is 14.2. The molecule has 7 nitrogen and oxygen atoms in total. The molecule has 0 saturated heterocycles. The Morgan fingerprint density at radius 2 is 1.35 bits per heavy atom. The lowest BCUT2D eigenvalue weighted by Crippen LogP contribution is -2.29. The van der Waals surface area contributed by atoms with Crippen LogP contribution in [0.1, 0.15) is 70.4 Å². The molecule has 0 radical (unpaired) electrons. The van der Waals surface area contributed by atoms with Crippen LogP contribution < -0.4 is 10.6 Å². The van der Waals surface area contributed by atoms with Crippen LogP contribution in [0.15, 0.2) is 109 Å². The van der Waals surface area contributed by atoms with Gasteiger partial charge in [-0.3, -0.25) is 18.3 Å². The van der Waals surface area contributed by atoms with E-state index in [0.29, 0.717) is 16.8 Å². The minimum atomic E-state index is -2.41. The van der Waals surface area contributed by atoms with E-state index in [1.807, 2.05) is 60.7 Å². The Bertz CT molecular complexity index is 1990. The first-order valence-electron chi connectivity index (χ1n) is 17.1. The molecule has 3 N–H and O–H groups in total. The van der Waals surface area contributed by atoms with Crippen LogP contribution in [0.5, 0.6) is 0 Å². The molecular formula is C43H46N2O5S. The fourth-order valence-corrected chi connectivity index (χ4v) is 6.76. The van der Waals surface area contributed by atoms with Gasteiger partial charge in [0.05, 0.1) is 12.5 Å². The molecular weight excluding hydrogens is 657 g/mol. The van der Waals surface area contributed by atoms with Crippen molar-refractivity contribution >= 4 is 28.9 Å². The molecule has 0 aliphatic carbocycles. The van der Waals surface area contributed by atoms with Crippen LogP contribution in [0.3, 0.4) is 0 Å². The van der Waals surface area contributed by atoms with Crippen molar-refractivity contribution in [1.82, 2.24) is 5.32 Å².